The van der Waals surface area contributed by atoms with Crippen LogP contribution in [0.2, 0.25) is 0 Å². The van der Waals surface area contributed by atoms with Gasteiger partial charge in [0, 0.05) is 27.8 Å². The lowest BCUT2D eigenvalue weighted by molar-refractivity contribution is 0.647. The van der Waals surface area contributed by atoms with Crippen LogP contribution in [0, 0.1) is 0 Å². The van der Waals surface area contributed by atoms with E-state index >= 15 is 0 Å². The molecule has 2 aliphatic carbocycles. The Morgan fingerprint density at radius 1 is 0.368 bits per heavy atom. The van der Waals surface area contributed by atoms with Crippen molar-refractivity contribution in [3.63, 3.8) is 0 Å². The second-order valence-electron chi connectivity index (χ2n) is 16.9. The minimum absolute atomic E-state index is 0.127. The first-order valence-electron chi connectivity index (χ1n) is 20.2. The molecule has 2 aliphatic rings. The average molecular weight is 730 g/mol. The summed E-state index contributed by atoms with van der Waals surface area (Å²) in [5, 5.41) is 5.13. The van der Waals surface area contributed by atoms with Crippen LogP contribution in [0.1, 0.15) is 49.9 Å². The molecule has 1 heteroatoms. The maximum absolute atomic E-state index is 2.52. The van der Waals surface area contributed by atoms with Gasteiger partial charge in [-0.05, 0) is 113 Å². The Labute approximate surface area is 335 Å². The molecule has 0 spiro atoms. The fourth-order valence-corrected chi connectivity index (χ4v) is 10.3. The van der Waals surface area contributed by atoms with E-state index in [-0.39, 0.29) is 10.8 Å². The van der Waals surface area contributed by atoms with E-state index in [0.717, 1.165) is 11.4 Å². The number of rotatable bonds is 5. The first-order chi connectivity index (χ1) is 27.8. The molecule has 0 radical (unpaired) electrons. The molecular weight excluding hydrogens is 687 g/mol. The summed E-state index contributed by atoms with van der Waals surface area (Å²) in [6.45, 7) is 9.57. The largest absolute Gasteiger partial charge is 0.310 e. The lowest BCUT2D eigenvalue weighted by atomic mass is 9.66. The third kappa shape index (κ3) is 4.95. The summed E-state index contributed by atoms with van der Waals surface area (Å²) < 4.78 is 0. The first-order valence-corrected chi connectivity index (χ1v) is 20.2. The minimum atomic E-state index is -0.221. The van der Waals surface area contributed by atoms with Crippen molar-refractivity contribution in [3.05, 3.63) is 210 Å². The van der Waals surface area contributed by atoms with Gasteiger partial charge in [-0.3, -0.25) is 0 Å². The summed E-state index contributed by atoms with van der Waals surface area (Å²) in [6.07, 6.45) is 0. The normalized spacial score (nSPS) is 14.2. The second-order valence-corrected chi connectivity index (χ2v) is 16.9. The highest BCUT2D eigenvalue weighted by Gasteiger charge is 2.39. The summed E-state index contributed by atoms with van der Waals surface area (Å²) in [5.41, 5.74) is 18.9. The molecule has 0 fully saturated rings. The molecule has 272 valence electrons. The number of nitrogens with zero attached hydrogens (tertiary/aromatic N) is 1. The summed E-state index contributed by atoms with van der Waals surface area (Å²) in [7, 11) is 0. The highest BCUT2D eigenvalue weighted by Crippen LogP contribution is 2.57. The fraction of sp³-hybridized carbons (Fsp3) is 0.107. The van der Waals surface area contributed by atoms with Crippen LogP contribution in [0.25, 0.3) is 66.1 Å². The van der Waals surface area contributed by atoms with Crippen LogP contribution in [0.3, 0.4) is 0 Å². The molecule has 1 nitrogen and oxygen atoms in total. The zero-order valence-corrected chi connectivity index (χ0v) is 32.8. The molecule has 0 aliphatic heterocycles. The second kappa shape index (κ2) is 12.4. The highest BCUT2D eigenvalue weighted by molar-refractivity contribution is 6.11. The van der Waals surface area contributed by atoms with E-state index in [2.05, 4.69) is 221 Å². The van der Waals surface area contributed by atoms with Gasteiger partial charge < -0.3 is 4.90 Å². The van der Waals surface area contributed by atoms with E-state index in [4.69, 9.17) is 0 Å². The zero-order valence-electron chi connectivity index (χ0n) is 32.8. The summed E-state index contributed by atoms with van der Waals surface area (Å²) in [5.74, 6) is 0. The van der Waals surface area contributed by atoms with Crippen LogP contribution in [0.5, 0.6) is 0 Å². The van der Waals surface area contributed by atoms with Gasteiger partial charge in [-0.25, -0.2) is 0 Å². The molecule has 0 heterocycles. The van der Waals surface area contributed by atoms with Crippen molar-refractivity contribution in [3.8, 4) is 44.5 Å². The molecule has 0 saturated carbocycles. The molecule has 9 aromatic rings. The van der Waals surface area contributed by atoms with Crippen molar-refractivity contribution < 1.29 is 0 Å². The van der Waals surface area contributed by atoms with Gasteiger partial charge in [0.2, 0.25) is 0 Å². The third-order valence-electron chi connectivity index (χ3n) is 13.0. The quantitative estimate of drug-likeness (QED) is 0.170. The van der Waals surface area contributed by atoms with Crippen molar-refractivity contribution in [2.24, 2.45) is 0 Å². The van der Waals surface area contributed by atoms with Crippen molar-refractivity contribution >= 4 is 38.6 Å². The molecule has 0 N–H and O–H groups in total. The van der Waals surface area contributed by atoms with Crippen LogP contribution < -0.4 is 4.90 Å². The van der Waals surface area contributed by atoms with Gasteiger partial charge in [0.1, 0.15) is 0 Å². The fourth-order valence-electron chi connectivity index (χ4n) is 10.3. The number of hydrogen-bond donors (Lipinski definition) is 0. The van der Waals surface area contributed by atoms with E-state index in [9.17, 15) is 0 Å². The van der Waals surface area contributed by atoms with Crippen molar-refractivity contribution in [2.45, 2.75) is 38.5 Å². The van der Waals surface area contributed by atoms with Crippen LogP contribution in [0.15, 0.2) is 188 Å². The maximum Gasteiger partial charge on any atom is 0.0546 e. The predicted octanol–water partition coefficient (Wildman–Crippen LogP) is 15.4. The van der Waals surface area contributed by atoms with Gasteiger partial charge in [0.15, 0.2) is 0 Å². The Morgan fingerprint density at radius 2 is 0.965 bits per heavy atom. The van der Waals surface area contributed by atoms with Gasteiger partial charge >= 0.3 is 0 Å². The Hall–Kier alpha value is -6.70. The molecule has 0 amide bonds. The van der Waals surface area contributed by atoms with E-state index in [0.29, 0.717) is 0 Å². The third-order valence-corrected chi connectivity index (χ3v) is 13.0. The topological polar surface area (TPSA) is 3.24 Å². The molecule has 0 aromatic heterocycles. The van der Waals surface area contributed by atoms with Gasteiger partial charge in [0.25, 0.3) is 0 Å². The van der Waals surface area contributed by atoms with Crippen molar-refractivity contribution in [1.29, 1.82) is 0 Å². The maximum atomic E-state index is 2.52. The lowest BCUT2D eigenvalue weighted by Crippen LogP contribution is -2.25. The number of hydrogen-bond acceptors (Lipinski definition) is 1. The number of benzene rings is 9. The Bertz CT molecular complexity index is 3050. The molecule has 57 heavy (non-hydrogen) atoms. The van der Waals surface area contributed by atoms with Crippen molar-refractivity contribution in [1.82, 2.24) is 0 Å². The minimum Gasteiger partial charge on any atom is -0.310 e. The van der Waals surface area contributed by atoms with Crippen LogP contribution in [0.4, 0.5) is 17.1 Å². The lowest BCUT2D eigenvalue weighted by Gasteiger charge is -2.39. The molecule has 0 saturated heterocycles. The van der Waals surface area contributed by atoms with E-state index < -0.39 is 0 Å². The van der Waals surface area contributed by atoms with Gasteiger partial charge in [-0.1, -0.05) is 185 Å². The van der Waals surface area contributed by atoms with Gasteiger partial charge in [-0.15, -0.1) is 0 Å². The summed E-state index contributed by atoms with van der Waals surface area (Å²) in [6, 6.07) is 70.1. The number of fused-ring (bicyclic) bond motifs is 6. The molecular formula is C56H43N. The van der Waals surface area contributed by atoms with E-state index in [1.807, 2.05) is 0 Å². The molecule has 0 bridgehead atoms. The van der Waals surface area contributed by atoms with E-state index in [1.165, 1.54) is 94.0 Å². The first kappa shape index (κ1) is 33.6. The highest BCUT2D eigenvalue weighted by atomic mass is 15.1. The summed E-state index contributed by atoms with van der Waals surface area (Å²) in [4.78, 5) is 2.52. The summed E-state index contributed by atoms with van der Waals surface area (Å²) >= 11 is 0. The van der Waals surface area contributed by atoms with Gasteiger partial charge in [-0.2, -0.15) is 0 Å². The Morgan fingerprint density at radius 3 is 1.82 bits per heavy atom. The van der Waals surface area contributed by atoms with Crippen LogP contribution in [-0.2, 0) is 10.8 Å². The SMILES string of the molecule is CC1(C)c2ccccc2-c2ccc(N(c3ccc(-c4cccc5ccccc45)cc3)c3ccc4cccc5c4c3-c3cccc(-c4ccccc4)c3C5(C)C)cc21. The monoisotopic (exact) mass is 729 g/mol. The van der Waals surface area contributed by atoms with Crippen LogP contribution in [-0.4, -0.2) is 0 Å². The predicted molar refractivity (Wildman–Crippen MR) is 242 cm³/mol. The molecule has 0 atom stereocenters. The Kier molecular flexibility index (Phi) is 7.32. The van der Waals surface area contributed by atoms with Gasteiger partial charge in [0.05, 0.1) is 5.69 Å². The van der Waals surface area contributed by atoms with Crippen molar-refractivity contribution in [2.75, 3.05) is 4.90 Å². The zero-order chi connectivity index (χ0) is 38.5. The smallest absolute Gasteiger partial charge is 0.0546 e. The molecule has 11 rings (SSSR count). The standard InChI is InChI=1S/C56H43N/c1-55(2)48-25-11-10-21-45(48)46-33-32-41(35-50(46)55)57(40-30-27-38(28-31-40)43-22-12-18-36-17-8-9-20-42(36)43)51-34-29-39-19-13-26-49-52(39)53(51)47-24-14-23-44(54(47)56(49,3)4)37-15-6-5-7-16-37/h5-35H,1-4H3. The van der Waals surface area contributed by atoms with Crippen LogP contribution >= 0.6 is 0 Å². The van der Waals surface area contributed by atoms with E-state index in [1.54, 1.807) is 0 Å². The molecule has 9 aromatic carbocycles. The Balaban J connectivity index is 1.18. The average Bonchev–Trinajstić information content (AvgIpc) is 3.48. The molecule has 0 unspecified atom stereocenters. The number of anilines is 3.